The summed E-state index contributed by atoms with van der Waals surface area (Å²) in [5.41, 5.74) is 5.44. The van der Waals surface area contributed by atoms with E-state index >= 15 is 0 Å². The SMILES string of the molecule is CCNC(c1csc(Br)c1)c1cccc(C)c1C. The van der Waals surface area contributed by atoms with Crippen molar-refractivity contribution in [1.82, 2.24) is 5.32 Å². The van der Waals surface area contributed by atoms with E-state index in [1.807, 2.05) is 0 Å². The van der Waals surface area contributed by atoms with Gasteiger partial charge in [0.15, 0.2) is 0 Å². The molecule has 0 spiro atoms. The molecule has 0 aliphatic rings. The van der Waals surface area contributed by atoms with Crippen molar-refractivity contribution in [2.45, 2.75) is 26.8 Å². The van der Waals surface area contributed by atoms with Gasteiger partial charge in [-0.25, -0.2) is 0 Å². The lowest BCUT2D eigenvalue weighted by Gasteiger charge is -2.20. The van der Waals surface area contributed by atoms with E-state index < -0.39 is 0 Å². The van der Waals surface area contributed by atoms with Gasteiger partial charge in [-0.1, -0.05) is 25.1 Å². The van der Waals surface area contributed by atoms with Crippen molar-refractivity contribution >= 4 is 27.3 Å². The van der Waals surface area contributed by atoms with Crippen LogP contribution in [-0.4, -0.2) is 6.54 Å². The van der Waals surface area contributed by atoms with Crippen LogP contribution in [0.25, 0.3) is 0 Å². The van der Waals surface area contributed by atoms with Gasteiger partial charge in [0.05, 0.1) is 9.83 Å². The Balaban J connectivity index is 2.44. The summed E-state index contributed by atoms with van der Waals surface area (Å²) in [7, 11) is 0. The van der Waals surface area contributed by atoms with E-state index in [2.05, 4.69) is 71.7 Å². The molecule has 0 aliphatic carbocycles. The second-order valence-electron chi connectivity index (χ2n) is 4.46. The van der Waals surface area contributed by atoms with Gasteiger partial charge in [-0.05, 0) is 70.0 Å². The molecule has 0 amide bonds. The molecule has 0 fully saturated rings. The molecule has 96 valence electrons. The third kappa shape index (κ3) is 2.85. The zero-order valence-electron chi connectivity index (χ0n) is 11.0. The van der Waals surface area contributed by atoms with Crippen molar-refractivity contribution in [2.24, 2.45) is 0 Å². The van der Waals surface area contributed by atoms with E-state index in [4.69, 9.17) is 0 Å². The quantitative estimate of drug-likeness (QED) is 0.850. The molecule has 0 aliphatic heterocycles. The second kappa shape index (κ2) is 6.00. The van der Waals surface area contributed by atoms with E-state index in [-0.39, 0.29) is 6.04 Å². The molecule has 1 aromatic heterocycles. The molecular formula is C15H18BrNS. The van der Waals surface area contributed by atoms with Gasteiger partial charge >= 0.3 is 0 Å². The Morgan fingerprint density at radius 3 is 2.72 bits per heavy atom. The average molecular weight is 324 g/mol. The summed E-state index contributed by atoms with van der Waals surface area (Å²) in [6.45, 7) is 7.49. The van der Waals surface area contributed by atoms with Crippen LogP contribution in [-0.2, 0) is 0 Å². The van der Waals surface area contributed by atoms with Gasteiger partial charge in [0.2, 0.25) is 0 Å². The van der Waals surface area contributed by atoms with Gasteiger partial charge in [0.1, 0.15) is 0 Å². The van der Waals surface area contributed by atoms with Gasteiger partial charge in [-0.2, -0.15) is 0 Å². The number of hydrogen-bond acceptors (Lipinski definition) is 2. The first-order valence-electron chi connectivity index (χ1n) is 6.17. The van der Waals surface area contributed by atoms with Crippen LogP contribution in [0, 0.1) is 13.8 Å². The monoisotopic (exact) mass is 323 g/mol. The van der Waals surface area contributed by atoms with Gasteiger partial charge in [0, 0.05) is 0 Å². The fourth-order valence-corrected chi connectivity index (χ4v) is 3.37. The smallest absolute Gasteiger partial charge is 0.0701 e. The van der Waals surface area contributed by atoms with Crippen molar-refractivity contribution in [3.63, 3.8) is 0 Å². The Labute approximate surface area is 121 Å². The predicted octanol–water partition coefficient (Wildman–Crippen LogP) is 4.83. The lowest BCUT2D eigenvalue weighted by atomic mass is 9.94. The van der Waals surface area contributed by atoms with Crippen LogP contribution in [0.15, 0.2) is 33.4 Å². The lowest BCUT2D eigenvalue weighted by molar-refractivity contribution is 0.629. The Hall–Kier alpha value is -0.640. The molecule has 3 heteroatoms. The third-order valence-corrected chi connectivity index (χ3v) is 4.81. The standard InChI is InChI=1S/C15H18BrNS/c1-4-17-15(12-8-14(16)18-9-12)13-7-5-6-10(2)11(13)3/h5-9,15,17H,4H2,1-3H3. The minimum absolute atomic E-state index is 0.289. The molecule has 0 bridgehead atoms. The molecule has 1 heterocycles. The highest BCUT2D eigenvalue weighted by Gasteiger charge is 2.16. The Bertz CT molecular complexity index is 533. The molecule has 2 rings (SSSR count). The average Bonchev–Trinajstić information content (AvgIpc) is 2.77. The van der Waals surface area contributed by atoms with Crippen molar-refractivity contribution in [3.8, 4) is 0 Å². The number of aryl methyl sites for hydroxylation is 1. The minimum atomic E-state index is 0.289. The normalized spacial score (nSPS) is 12.7. The molecule has 1 N–H and O–H groups in total. The van der Waals surface area contributed by atoms with Crippen LogP contribution in [0.4, 0.5) is 0 Å². The van der Waals surface area contributed by atoms with Gasteiger partial charge < -0.3 is 5.32 Å². The van der Waals surface area contributed by atoms with Crippen LogP contribution in [0.1, 0.15) is 35.2 Å². The van der Waals surface area contributed by atoms with Gasteiger partial charge in [-0.3, -0.25) is 0 Å². The summed E-state index contributed by atoms with van der Waals surface area (Å²) < 4.78 is 1.19. The topological polar surface area (TPSA) is 12.0 Å². The second-order valence-corrected chi connectivity index (χ2v) is 6.75. The molecule has 1 atom stereocenters. The lowest BCUT2D eigenvalue weighted by Crippen LogP contribution is -2.22. The van der Waals surface area contributed by atoms with E-state index in [9.17, 15) is 0 Å². The Morgan fingerprint density at radius 2 is 2.11 bits per heavy atom. The summed E-state index contributed by atoms with van der Waals surface area (Å²) in [6, 6.07) is 9.04. The Morgan fingerprint density at radius 1 is 1.33 bits per heavy atom. The molecule has 0 saturated carbocycles. The van der Waals surface area contributed by atoms with E-state index in [1.165, 1.54) is 26.0 Å². The highest BCUT2D eigenvalue weighted by atomic mass is 79.9. The maximum atomic E-state index is 3.58. The minimum Gasteiger partial charge on any atom is -0.306 e. The third-order valence-electron chi connectivity index (χ3n) is 3.29. The van der Waals surface area contributed by atoms with E-state index in [0.717, 1.165) is 6.54 Å². The number of benzene rings is 1. The van der Waals surface area contributed by atoms with Crippen molar-refractivity contribution in [1.29, 1.82) is 0 Å². The van der Waals surface area contributed by atoms with Crippen LogP contribution in [0.5, 0.6) is 0 Å². The molecule has 1 nitrogen and oxygen atoms in total. The molecule has 0 radical (unpaired) electrons. The molecule has 1 unspecified atom stereocenters. The highest BCUT2D eigenvalue weighted by molar-refractivity contribution is 9.11. The fraction of sp³-hybridized carbons (Fsp3) is 0.333. The number of thiophene rings is 1. The number of nitrogens with one attached hydrogen (secondary N) is 1. The number of rotatable bonds is 4. The van der Waals surface area contributed by atoms with Crippen LogP contribution >= 0.6 is 27.3 Å². The molecule has 2 aromatic rings. The van der Waals surface area contributed by atoms with Crippen LogP contribution < -0.4 is 5.32 Å². The molecule has 0 saturated heterocycles. The summed E-state index contributed by atoms with van der Waals surface area (Å²) >= 11 is 5.29. The Kier molecular flexibility index (Phi) is 4.60. The summed E-state index contributed by atoms with van der Waals surface area (Å²) in [5.74, 6) is 0. The maximum absolute atomic E-state index is 3.58. The molecular weight excluding hydrogens is 306 g/mol. The number of hydrogen-bond donors (Lipinski definition) is 1. The first-order chi connectivity index (χ1) is 8.63. The predicted molar refractivity (Wildman–Crippen MR) is 83.5 cm³/mol. The van der Waals surface area contributed by atoms with Gasteiger partial charge in [0.25, 0.3) is 0 Å². The van der Waals surface area contributed by atoms with Crippen molar-refractivity contribution in [3.05, 3.63) is 55.7 Å². The van der Waals surface area contributed by atoms with Crippen molar-refractivity contribution in [2.75, 3.05) is 6.54 Å². The zero-order valence-corrected chi connectivity index (χ0v) is 13.4. The summed E-state index contributed by atoms with van der Waals surface area (Å²) in [4.78, 5) is 0. The first kappa shape index (κ1) is 13.8. The number of halogens is 1. The van der Waals surface area contributed by atoms with E-state index in [0.29, 0.717) is 0 Å². The van der Waals surface area contributed by atoms with Crippen LogP contribution in [0.2, 0.25) is 0 Å². The first-order valence-corrected chi connectivity index (χ1v) is 7.84. The molecule has 1 aromatic carbocycles. The van der Waals surface area contributed by atoms with Crippen LogP contribution in [0.3, 0.4) is 0 Å². The van der Waals surface area contributed by atoms with Crippen molar-refractivity contribution < 1.29 is 0 Å². The highest BCUT2D eigenvalue weighted by Crippen LogP contribution is 2.31. The molecule has 18 heavy (non-hydrogen) atoms. The van der Waals surface area contributed by atoms with E-state index in [1.54, 1.807) is 11.3 Å². The zero-order chi connectivity index (χ0) is 13.1. The largest absolute Gasteiger partial charge is 0.306 e. The summed E-state index contributed by atoms with van der Waals surface area (Å²) in [6.07, 6.45) is 0. The maximum Gasteiger partial charge on any atom is 0.0701 e. The summed E-state index contributed by atoms with van der Waals surface area (Å²) in [5, 5.41) is 5.80. The van der Waals surface area contributed by atoms with Gasteiger partial charge in [-0.15, -0.1) is 11.3 Å². The fourth-order valence-electron chi connectivity index (χ4n) is 2.17.